The van der Waals surface area contributed by atoms with E-state index in [1.54, 1.807) is 0 Å². The first-order chi connectivity index (χ1) is 8.04. The summed E-state index contributed by atoms with van der Waals surface area (Å²) < 4.78 is 0. The molecule has 0 aromatic heterocycles. The van der Waals surface area contributed by atoms with Crippen molar-refractivity contribution in [3.8, 4) is 0 Å². The van der Waals surface area contributed by atoms with E-state index >= 15 is 0 Å². The molecule has 0 amide bonds. The first-order valence-corrected chi connectivity index (χ1v) is 6.08. The molecule has 2 aromatic rings. The van der Waals surface area contributed by atoms with Gasteiger partial charge in [-0.2, -0.15) is 0 Å². The molecule has 0 spiro atoms. The highest BCUT2D eigenvalue weighted by atomic mass is 16.1. The zero-order chi connectivity index (χ0) is 12.5. The number of hydrogen-bond acceptors (Lipinski definition) is 1. The monoisotopic (exact) mass is 226 g/mol. The van der Waals surface area contributed by atoms with E-state index < -0.39 is 0 Å². The van der Waals surface area contributed by atoms with Gasteiger partial charge in [-0.15, -0.1) is 0 Å². The second-order valence-corrected chi connectivity index (χ2v) is 5.13. The van der Waals surface area contributed by atoms with E-state index in [0.717, 1.165) is 17.4 Å². The summed E-state index contributed by atoms with van der Waals surface area (Å²) in [5, 5.41) is 2.31. The summed E-state index contributed by atoms with van der Waals surface area (Å²) in [6.07, 6.45) is 0.860. The summed E-state index contributed by atoms with van der Waals surface area (Å²) in [7, 11) is 0. The Balaban J connectivity index is 2.47. The minimum atomic E-state index is -0.275. The third-order valence-electron chi connectivity index (χ3n) is 3.51. The molecule has 0 aliphatic heterocycles. The molecule has 1 heteroatoms. The van der Waals surface area contributed by atoms with Crippen molar-refractivity contribution in [2.45, 2.75) is 27.2 Å². The maximum Gasteiger partial charge on any atom is 0.168 e. The zero-order valence-corrected chi connectivity index (χ0v) is 10.7. The normalized spacial score (nSPS) is 11.7. The third kappa shape index (κ3) is 2.23. The van der Waals surface area contributed by atoms with Crippen LogP contribution in [0.2, 0.25) is 0 Å². The molecule has 0 unspecified atom stereocenters. The van der Waals surface area contributed by atoms with Gasteiger partial charge in [0.2, 0.25) is 0 Å². The molecular weight excluding hydrogens is 208 g/mol. The summed E-state index contributed by atoms with van der Waals surface area (Å²) in [5.74, 6) is 0.228. The van der Waals surface area contributed by atoms with E-state index in [2.05, 4.69) is 13.0 Å². The topological polar surface area (TPSA) is 17.1 Å². The summed E-state index contributed by atoms with van der Waals surface area (Å²) in [5.41, 5.74) is 0.540. The molecule has 0 atom stereocenters. The molecule has 0 saturated carbocycles. The lowest BCUT2D eigenvalue weighted by Gasteiger charge is -2.21. The Labute approximate surface area is 102 Å². The van der Waals surface area contributed by atoms with E-state index in [1.165, 1.54) is 5.39 Å². The van der Waals surface area contributed by atoms with Crippen molar-refractivity contribution < 1.29 is 4.79 Å². The van der Waals surface area contributed by atoms with Crippen LogP contribution in [0.1, 0.15) is 37.6 Å². The van der Waals surface area contributed by atoms with Crippen LogP contribution in [-0.4, -0.2) is 5.78 Å². The van der Waals surface area contributed by atoms with Crippen LogP contribution < -0.4 is 0 Å². The van der Waals surface area contributed by atoms with E-state index in [4.69, 9.17) is 0 Å². The van der Waals surface area contributed by atoms with E-state index in [9.17, 15) is 4.79 Å². The van der Waals surface area contributed by atoms with Gasteiger partial charge < -0.3 is 0 Å². The average molecular weight is 226 g/mol. The molecule has 0 fully saturated rings. The molecule has 0 radical (unpaired) electrons. The SMILES string of the molecule is CCC(C)(C)C(=O)c1ccc2ccccc2c1. The van der Waals surface area contributed by atoms with Gasteiger partial charge in [0.25, 0.3) is 0 Å². The van der Waals surface area contributed by atoms with Crippen LogP contribution in [0, 0.1) is 5.41 Å². The Hall–Kier alpha value is -1.63. The van der Waals surface area contributed by atoms with Gasteiger partial charge in [-0.1, -0.05) is 57.2 Å². The fourth-order valence-corrected chi connectivity index (χ4v) is 1.88. The fraction of sp³-hybridized carbons (Fsp3) is 0.312. The van der Waals surface area contributed by atoms with Crippen LogP contribution in [0.15, 0.2) is 42.5 Å². The van der Waals surface area contributed by atoms with Crippen molar-refractivity contribution in [2.24, 2.45) is 5.41 Å². The van der Waals surface area contributed by atoms with Gasteiger partial charge in [-0.05, 0) is 23.3 Å². The summed E-state index contributed by atoms with van der Waals surface area (Å²) in [6.45, 7) is 6.06. The minimum Gasteiger partial charge on any atom is -0.294 e. The van der Waals surface area contributed by atoms with Crippen LogP contribution in [0.4, 0.5) is 0 Å². The lowest BCUT2D eigenvalue weighted by molar-refractivity contribution is 0.0833. The number of rotatable bonds is 3. The Morgan fingerprint density at radius 1 is 1.06 bits per heavy atom. The van der Waals surface area contributed by atoms with Crippen LogP contribution in [-0.2, 0) is 0 Å². The van der Waals surface area contributed by atoms with E-state index in [1.807, 2.05) is 50.2 Å². The number of carbonyl (C=O) groups excluding carboxylic acids is 1. The van der Waals surface area contributed by atoms with Crippen molar-refractivity contribution in [3.63, 3.8) is 0 Å². The van der Waals surface area contributed by atoms with Crippen molar-refractivity contribution in [1.82, 2.24) is 0 Å². The Bertz CT molecular complexity index is 552. The molecule has 0 saturated heterocycles. The van der Waals surface area contributed by atoms with Crippen molar-refractivity contribution >= 4 is 16.6 Å². The van der Waals surface area contributed by atoms with Crippen LogP contribution in [0.25, 0.3) is 10.8 Å². The molecule has 0 heterocycles. The second-order valence-electron chi connectivity index (χ2n) is 5.13. The molecule has 1 nitrogen and oxygen atoms in total. The maximum absolute atomic E-state index is 12.3. The van der Waals surface area contributed by atoms with E-state index in [0.29, 0.717) is 0 Å². The number of Topliss-reactive ketones (excluding diaryl/α,β-unsaturated/α-hetero) is 1. The summed E-state index contributed by atoms with van der Waals surface area (Å²) >= 11 is 0. The van der Waals surface area contributed by atoms with Gasteiger partial charge in [-0.3, -0.25) is 4.79 Å². The molecule has 0 bridgehead atoms. The van der Waals surface area contributed by atoms with Gasteiger partial charge >= 0.3 is 0 Å². The maximum atomic E-state index is 12.3. The van der Waals surface area contributed by atoms with Crippen molar-refractivity contribution in [3.05, 3.63) is 48.0 Å². The highest BCUT2D eigenvalue weighted by Crippen LogP contribution is 2.27. The first-order valence-electron chi connectivity index (χ1n) is 6.08. The number of benzene rings is 2. The molecule has 0 aliphatic rings. The van der Waals surface area contributed by atoms with Gasteiger partial charge in [0, 0.05) is 11.0 Å². The predicted octanol–water partition coefficient (Wildman–Crippen LogP) is 4.46. The van der Waals surface area contributed by atoms with E-state index in [-0.39, 0.29) is 11.2 Å². The number of hydrogen-bond donors (Lipinski definition) is 0. The number of fused-ring (bicyclic) bond motifs is 1. The van der Waals surface area contributed by atoms with Gasteiger partial charge in [0.15, 0.2) is 5.78 Å². The van der Waals surface area contributed by atoms with Crippen LogP contribution in [0.5, 0.6) is 0 Å². The minimum absolute atomic E-state index is 0.228. The lowest BCUT2D eigenvalue weighted by atomic mass is 9.81. The van der Waals surface area contributed by atoms with Gasteiger partial charge in [0.1, 0.15) is 0 Å². The molecule has 88 valence electrons. The molecule has 0 aliphatic carbocycles. The van der Waals surface area contributed by atoms with Crippen LogP contribution in [0.3, 0.4) is 0 Å². The molecule has 2 aromatic carbocycles. The number of carbonyl (C=O) groups is 1. The Morgan fingerprint density at radius 3 is 2.35 bits per heavy atom. The smallest absolute Gasteiger partial charge is 0.168 e. The summed E-state index contributed by atoms with van der Waals surface area (Å²) in [6, 6.07) is 14.1. The first kappa shape index (κ1) is 11.8. The average Bonchev–Trinajstić information content (AvgIpc) is 2.37. The van der Waals surface area contributed by atoms with Gasteiger partial charge in [0.05, 0.1) is 0 Å². The lowest BCUT2D eigenvalue weighted by Crippen LogP contribution is -2.23. The van der Waals surface area contributed by atoms with Gasteiger partial charge in [-0.25, -0.2) is 0 Å². The second kappa shape index (κ2) is 4.33. The fourth-order valence-electron chi connectivity index (χ4n) is 1.88. The number of ketones is 1. The molecule has 2 rings (SSSR count). The third-order valence-corrected chi connectivity index (χ3v) is 3.51. The van der Waals surface area contributed by atoms with Crippen LogP contribution >= 0.6 is 0 Å². The zero-order valence-electron chi connectivity index (χ0n) is 10.7. The Kier molecular flexibility index (Phi) is 3.01. The van der Waals surface area contributed by atoms with Crippen molar-refractivity contribution in [1.29, 1.82) is 0 Å². The molecule has 0 N–H and O–H groups in total. The molecule has 17 heavy (non-hydrogen) atoms. The Morgan fingerprint density at radius 2 is 1.71 bits per heavy atom. The largest absolute Gasteiger partial charge is 0.294 e. The quantitative estimate of drug-likeness (QED) is 0.706. The summed E-state index contributed by atoms with van der Waals surface area (Å²) in [4.78, 5) is 12.3. The highest BCUT2D eigenvalue weighted by Gasteiger charge is 2.26. The highest BCUT2D eigenvalue weighted by molar-refractivity contribution is 6.02. The predicted molar refractivity (Wildman–Crippen MR) is 72.4 cm³/mol. The standard InChI is InChI=1S/C16H18O/c1-4-16(2,3)15(17)14-10-9-12-7-5-6-8-13(12)11-14/h5-11H,4H2,1-3H3. The molecular formula is C16H18O. The van der Waals surface area contributed by atoms with Crippen molar-refractivity contribution in [2.75, 3.05) is 0 Å².